The first-order valence-corrected chi connectivity index (χ1v) is 5.62. The minimum Gasteiger partial charge on any atom is -0.389 e. The molecule has 0 saturated carbocycles. The molecule has 88 valence electrons. The first kappa shape index (κ1) is 11.6. The molecule has 1 aliphatic heterocycles. The van der Waals surface area contributed by atoms with Gasteiger partial charge in [-0.05, 0) is 23.1 Å². The van der Waals surface area contributed by atoms with Gasteiger partial charge in [-0.3, -0.25) is 4.79 Å². The predicted molar refractivity (Wildman–Crippen MR) is 64.2 cm³/mol. The zero-order chi connectivity index (χ0) is 12.4. The SMILES string of the molecule is CC(C)c1ccc(/C=C2\CC(=O)OC2=O)cc1. The molecule has 0 aromatic heterocycles. The Labute approximate surface area is 100 Å². The Morgan fingerprint density at radius 1 is 1.18 bits per heavy atom. The highest BCUT2D eigenvalue weighted by molar-refractivity contribution is 6.08. The van der Waals surface area contributed by atoms with Crippen LogP contribution in [0.15, 0.2) is 29.8 Å². The van der Waals surface area contributed by atoms with Crippen molar-refractivity contribution in [2.24, 2.45) is 0 Å². The van der Waals surface area contributed by atoms with Crippen LogP contribution in [-0.2, 0) is 14.3 Å². The molecule has 0 unspecified atom stereocenters. The van der Waals surface area contributed by atoms with Crippen LogP contribution in [0.1, 0.15) is 37.3 Å². The van der Waals surface area contributed by atoms with Crippen molar-refractivity contribution in [3.8, 4) is 0 Å². The molecule has 3 nitrogen and oxygen atoms in total. The van der Waals surface area contributed by atoms with Gasteiger partial charge >= 0.3 is 11.9 Å². The van der Waals surface area contributed by atoms with E-state index in [1.807, 2.05) is 24.3 Å². The Balaban J connectivity index is 2.21. The normalized spacial score (nSPS) is 17.9. The number of carbonyl (C=O) groups excluding carboxylic acids is 2. The maximum Gasteiger partial charge on any atom is 0.342 e. The van der Waals surface area contributed by atoms with Crippen LogP contribution in [0.5, 0.6) is 0 Å². The molecule has 0 radical (unpaired) electrons. The zero-order valence-electron chi connectivity index (χ0n) is 9.90. The molecule has 0 N–H and O–H groups in total. The first-order valence-electron chi connectivity index (χ1n) is 5.62. The van der Waals surface area contributed by atoms with Gasteiger partial charge in [-0.1, -0.05) is 38.1 Å². The molecule has 3 heteroatoms. The summed E-state index contributed by atoms with van der Waals surface area (Å²) >= 11 is 0. The molecule has 0 amide bonds. The maximum atomic E-state index is 11.3. The molecule has 0 bridgehead atoms. The summed E-state index contributed by atoms with van der Waals surface area (Å²) in [5.74, 6) is -0.516. The molecule has 2 rings (SSSR count). The van der Waals surface area contributed by atoms with Crippen LogP contribution in [0, 0.1) is 0 Å². The number of esters is 2. The number of hydrogen-bond acceptors (Lipinski definition) is 3. The summed E-state index contributed by atoms with van der Waals surface area (Å²) in [6.07, 6.45) is 1.78. The van der Waals surface area contributed by atoms with E-state index >= 15 is 0 Å². The molecular formula is C14H14O3. The van der Waals surface area contributed by atoms with Crippen LogP contribution in [-0.4, -0.2) is 11.9 Å². The lowest BCUT2D eigenvalue weighted by Gasteiger charge is -2.04. The molecule has 1 fully saturated rings. The average Bonchev–Trinajstić information content (AvgIpc) is 2.58. The molecule has 17 heavy (non-hydrogen) atoms. The molecule has 1 aliphatic rings. The fourth-order valence-corrected chi connectivity index (χ4v) is 1.72. The van der Waals surface area contributed by atoms with Gasteiger partial charge in [-0.25, -0.2) is 4.79 Å². The van der Waals surface area contributed by atoms with Gasteiger partial charge in [0.1, 0.15) is 0 Å². The van der Waals surface area contributed by atoms with E-state index in [1.165, 1.54) is 5.56 Å². The predicted octanol–water partition coefficient (Wildman–Crippen LogP) is 2.67. The topological polar surface area (TPSA) is 43.4 Å². The molecule has 1 heterocycles. The molecule has 0 aliphatic carbocycles. The number of rotatable bonds is 2. The molecule has 0 spiro atoms. The van der Waals surface area contributed by atoms with Crippen molar-refractivity contribution in [3.63, 3.8) is 0 Å². The number of hydrogen-bond donors (Lipinski definition) is 0. The van der Waals surface area contributed by atoms with Crippen molar-refractivity contribution in [2.75, 3.05) is 0 Å². The summed E-state index contributed by atoms with van der Waals surface area (Å²) in [5.41, 5.74) is 2.58. The maximum absolute atomic E-state index is 11.3. The largest absolute Gasteiger partial charge is 0.389 e. The lowest BCUT2D eigenvalue weighted by Crippen LogP contribution is -1.96. The summed E-state index contributed by atoms with van der Waals surface area (Å²) in [5, 5.41) is 0. The van der Waals surface area contributed by atoms with E-state index in [0.717, 1.165) is 5.56 Å². The van der Waals surface area contributed by atoms with E-state index in [4.69, 9.17) is 0 Å². The van der Waals surface area contributed by atoms with Crippen LogP contribution >= 0.6 is 0 Å². The van der Waals surface area contributed by atoms with E-state index in [-0.39, 0.29) is 6.42 Å². The minimum absolute atomic E-state index is 0.0742. The lowest BCUT2D eigenvalue weighted by atomic mass is 10.0. The highest BCUT2D eigenvalue weighted by atomic mass is 16.6. The summed E-state index contributed by atoms with van der Waals surface area (Å²) < 4.78 is 4.46. The van der Waals surface area contributed by atoms with E-state index in [2.05, 4.69) is 18.6 Å². The molecule has 1 saturated heterocycles. The number of carbonyl (C=O) groups is 2. The van der Waals surface area contributed by atoms with Gasteiger partial charge < -0.3 is 4.74 Å². The Kier molecular flexibility index (Phi) is 3.09. The van der Waals surface area contributed by atoms with Crippen molar-refractivity contribution in [2.45, 2.75) is 26.2 Å². The third-order valence-electron chi connectivity index (χ3n) is 2.75. The standard InChI is InChI=1S/C14H14O3/c1-9(2)11-5-3-10(4-6-11)7-12-8-13(15)17-14(12)16/h3-7,9H,8H2,1-2H3/b12-7+. The Morgan fingerprint density at radius 2 is 1.82 bits per heavy atom. The Bertz CT molecular complexity index is 481. The third kappa shape index (κ3) is 2.61. The first-order chi connectivity index (χ1) is 8.06. The van der Waals surface area contributed by atoms with Gasteiger partial charge in [0.25, 0.3) is 0 Å². The Hall–Kier alpha value is -1.90. The average molecular weight is 230 g/mol. The summed E-state index contributed by atoms with van der Waals surface area (Å²) in [4.78, 5) is 22.2. The van der Waals surface area contributed by atoms with E-state index in [9.17, 15) is 9.59 Å². The second kappa shape index (κ2) is 4.53. The van der Waals surface area contributed by atoms with Gasteiger partial charge in [0.2, 0.25) is 0 Å². The lowest BCUT2D eigenvalue weighted by molar-refractivity contribution is -0.151. The number of ether oxygens (including phenoxy) is 1. The molecule has 1 aromatic rings. The monoisotopic (exact) mass is 230 g/mol. The van der Waals surface area contributed by atoms with Gasteiger partial charge in [0, 0.05) is 5.57 Å². The molecule has 0 atom stereocenters. The van der Waals surface area contributed by atoms with E-state index in [0.29, 0.717) is 11.5 Å². The number of benzene rings is 1. The second-order valence-corrected chi connectivity index (χ2v) is 4.43. The van der Waals surface area contributed by atoms with Gasteiger partial charge in [0.05, 0.1) is 6.42 Å². The van der Waals surface area contributed by atoms with Crippen molar-refractivity contribution >= 4 is 18.0 Å². The number of cyclic esters (lactones) is 2. The van der Waals surface area contributed by atoms with Crippen LogP contribution in [0.2, 0.25) is 0 Å². The van der Waals surface area contributed by atoms with Crippen LogP contribution in [0.25, 0.3) is 6.08 Å². The zero-order valence-corrected chi connectivity index (χ0v) is 9.90. The second-order valence-electron chi connectivity index (χ2n) is 4.43. The van der Waals surface area contributed by atoms with Crippen molar-refractivity contribution in [3.05, 3.63) is 41.0 Å². The smallest absolute Gasteiger partial charge is 0.342 e. The van der Waals surface area contributed by atoms with Gasteiger partial charge in [-0.15, -0.1) is 0 Å². The summed E-state index contributed by atoms with van der Waals surface area (Å²) in [6, 6.07) is 7.94. The van der Waals surface area contributed by atoms with Crippen LogP contribution in [0.4, 0.5) is 0 Å². The fraction of sp³-hybridized carbons (Fsp3) is 0.286. The third-order valence-corrected chi connectivity index (χ3v) is 2.75. The fourth-order valence-electron chi connectivity index (χ4n) is 1.72. The van der Waals surface area contributed by atoms with Crippen LogP contribution in [0.3, 0.4) is 0 Å². The highest BCUT2D eigenvalue weighted by Gasteiger charge is 2.26. The van der Waals surface area contributed by atoms with Crippen LogP contribution < -0.4 is 0 Å². The summed E-state index contributed by atoms with van der Waals surface area (Å²) in [7, 11) is 0. The molecule has 1 aromatic carbocycles. The Morgan fingerprint density at radius 3 is 2.29 bits per heavy atom. The quantitative estimate of drug-likeness (QED) is 0.445. The summed E-state index contributed by atoms with van der Waals surface area (Å²) in [6.45, 7) is 4.25. The molecular weight excluding hydrogens is 216 g/mol. The van der Waals surface area contributed by atoms with Crippen molar-refractivity contribution < 1.29 is 14.3 Å². The van der Waals surface area contributed by atoms with Gasteiger partial charge in [-0.2, -0.15) is 0 Å². The van der Waals surface area contributed by atoms with Crippen molar-refractivity contribution in [1.82, 2.24) is 0 Å². The van der Waals surface area contributed by atoms with E-state index < -0.39 is 11.9 Å². The van der Waals surface area contributed by atoms with E-state index in [1.54, 1.807) is 6.08 Å². The van der Waals surface area contributed by atoms with Gasteiger partial charge in [0.15, 0.2) is 0 Å². The minimum atomic E-state index is -0.525. The highest BCUT2D eigenvalue weighted by Crippen LogP contribution is 2.20. The van der Waals surface area contributed by atoms with Crippen molar-refractivity contribution in [1.29, 1.82) is 0 Å².